The molecule has 0 N–H and O–H groups in total. The Morgan fingerprint density at radius 3 is 0.208 bits per heavy atom. The van der Waals surface area contributed by atoms with Crippen LogP contribution < -0.4 is 0 Å². The molecule has 0 nitrogen and oxygen atoms in total. The van der Waals surface area contributed by atoms with E-state index in [4.69, 9.17) is 0 Å². The molecule has 0 radical (unpaired) electrons. The second-order valence-electron chi connectivity index (χ2n) is 22.0. The van der Waals surface area contributed by atoms with Gasteiger partial charge in [-0.15, -0.1) is 0 Å². The zero-order chi connectivity index (χ0) is 64.8. The monoisotopic (exact) mass is 1340 g/mol. The van der Waals surface area contributed by atoms with E-state index in [-0.39, 0.29) is 65.4 Å². The highest BCUT2D eigenvalue weighted by molar-refractivity contribution is 7.98. The van der Waals surface area contributed by atoms with E-state index >= 15 is 0 Å². The van der Waals surface area contributed by atoms with Crippen molar-refractivity contribution in [1.82, 2.24) is 0 Å². The van der Waals surface area contributed by atoms with Crippen LogP contribution in [0.25, 0.3) is 0 Å². The van der Waals surface area contributed by atoms with Crippen LogP contribution in [0.5, 0.6) is 0 Å². The number of benzene rings is 15. The minimum atomic E-state index is -0.122. The first kappa shape index (κ1) is 65.1. The number of hydrogen-bond donors (Lipinski definition) is 0. The van der Waals surface area contributed by atoms with Gasteiger partial charge < -0.3 is 0 Å². The lowest BCUT2D eigenvalue weighted by Gasteiger charge is -2.10. The highest BCUT2D eigenvalue weighted by Gasteiger charge is 2.36. The summed E-state index contributed by atoms with van der Waals surface area (Å²) in [5.74, 6) is 0. The Labute approximate surface area is 585 Å². The highest BCUT2D eigenvalue weighted by atomic mass is 32.2. The maximum Gasteiger partial charge on any atom is 0.166 e. The molecule has 0 atom stereocenters. The van der Waals surface area contributed by atoms with Gasteiger partial charge in [-0.25, -0.2) is 0 Å². The molecule has 0 saturated carbocycles. The summed E-state index contributed by atoms with van der Waals surface area (Å²) in [5.41, 5.74) is 0. The minimum absolute atomic E-state index is 0.122. The van der Waals surface area contributed by atoms with E-state index < -0.39 is 0 Å². The molecule has 15 rings (SSSR count). The molecular formula is C90H72S6+6. The molecule has 0 aliphatic heterocycles. The quantitative estimate of drug-likeness (QED) is 0.0751. The van der Waals surface area contributed by atoms with Gasteiger partial charge in [0.05, 0.1) is 65.4 Å². The van der Waals surface area contributed by atoms with Crippen LogP contribution in [-0.2, 0) is 65.4 Å². The standard InChI is InChI=1S/3C30H24S2/c3*1-5-13-25(14-6-1)31(26-15-7-2-8-16-26)29-21-23-30(24-22-29)32(27-17-9-3-10-18-27)28-19-11-4-12-20-28/h3*1-24H/q3*+2. The summed E-state index contributed by atoms with van der Waals surface area (Å²) in [7, 11) is -0.732. The molecule has 0 amide bonds. The third kappa shape index (κ3) is 16.5. The third-order valence-corrected chi connectivity index (χ3v) is 29.0. The van der Waals surface area contributed by atoms with Crippen LogP contribution in [0, 0.1) is 0 Å². The molecule has 0 spiro atoms. The van der Waals surface area contributed by atoms with Crippen molar-refractivity contribution in [2.75, 3.05) is 0 Å². The van der Waals surface area contributed by atoms with Gasteiger partial charge in [-0.05, 0) is 218 Å². The highest BCUT2D eigenvalue weighted by Crippen LogP contribution is 2.39. The molecule has 0 aromatic heterocycles. The van der Waals surface area contributed by atoms with Crippen LogP contribution in [0.3, 0.4) is 0 Å². The Morgan fingerprint density at radius 1 is 0.0729 bits per heavy atom. The second-order valence-corrected chi connectivity index (χ2v) is 34.2. The Hall–Kier alpha value is -9.60. The maximum absolute atomic E-state index is 2.32. The van der Waals surface area contributed by atoms with Gasteiger partial charge in [0.2, 0.25) is 0 Å². The summed E-state index contributed by atoms with van der Waals surface area (Å²) in [6, 6.07) is 158. The average molecular weight is 1350 g/mol. The van der Waals surface area contributed by atoms with Crippen LogP contribution in [0.4, 0.5) is 0 Å². The molecule has 96 heavy (non-hydrogen) atoms. The lowest BCUT2D eigenvalue weighted by Crippen LogP contribution is -2.07. The SMILES string of the molecule is c1ccc([S+](c2ccccc2)c2ccc([S+](c3ccccc3)c3ccccc3)cc2)cc1.c1ccc([S+](c2ccccc2)c2ccc([S+](c3ccccc3)c3ccccc3)cc2)cc1.c1ccc([S+](c2ccccc2)c2ccc([S+](c3ccccc3)c3ccccc3)cc2)cc1. The first-order valence-corrected chi connectivity index (χ1v) is 39.4. The van der Waals surface area contributed by atoms with Crippen LogP contribution >= 0.6 is 0 Å². The smallest absolute Gasteiger partial charge is 0.0619 e. The van der Waals surface area contributed by atoms with Crippen molar-refractivity contribution in [3.63, 3.8) is 0 Å². The fourth-order valence-electron chi connectivity index (χ4n) is 11.3. The molecular weight excluding hydrogens is 1270 g/mol. The summed E-state index contributed by atoms with van der Waals surface area (Å²) < 4.78 is 0. The van der Waals surface area contributed by atoms with Crippen molar-refractivity contribution < 1.29 is 0 Å². The van der Waals surface area contributed by atoms with E-state index in [1.54, 1.807) is 0 Å². The topological polar surface area (TPSA) is 0 Å². The molecule has 15 aromatic carbocycles. The van der Waals surface area contributed by atoms with Gasteiger partial charge in [0, 0.05) is 0 Å². The Bertz CT molecular complexity index is 3650. The molecule has 0 unspecified atom stereocenters. The Morgan fingerprint density at radius 2 is 0.135 bits per heavy atom. The van der Waals surface area contributed by atoms with Crippen molar-refractivity contribution in [3.05, 3.63) is 437 Å². The molecule has 0 aliphatic rings. The van der Waals surface area contributed by atoms with Crippen LogP contribution in [-0.4, -0.2) is 0 Å². The van der Waals surface area contributed by atoms with Gasteiger partial charge in [-0.1, -0.05) is 218 Å². The zero-order valence-corrected chi connectivity index (χ0v) is 57.9. The summed E-state index contributed by atoms with van der Waals surface area (Å²) in [5, 5.41) is 0. The van der Waals surface area contributed by atoms with Crippen molar-refractivity contribution in [1.29, 1.82) is 0 Å². The predicted octanol–water partition coefficient (Wildman–Crippen LogP) is 23.6. The molecule has 0 bridgehead atoms. The summed E-state index contributed by atoms with van der Waals surface area (Å²) in [6.07, 6.45) is 0. The van der Waals surface area contributed by atoms with Gasteiger partial charge in [0.15, 0.2) is 88.1 Å². The van der Waals surface area contributed by atoms with E-state index in [0.717, 1.165) is 0 Å². The fraction of sp³-hybridized carbons (Fsp3) is 0. The van der Waals surface area contributed by atoms with Crippen LogP contribution in [0.1, 0.15) is 0 Å². The second kappa shape index (κ2) is 33.7. The Balaban J connectivity index is 0.000000130. The van der Waals surface area contributed by atoms with Gasteiger partial charge >= 0.3 is 0 Å². The minimum Gasteiger partial charge on any atom is -0.0619 e. The van der Waals surface area contributed by atoms with Crippen LogP contribution in [0.15, 0.2) is 525 Å². The Kier molecular flexibility index (Phi) is 22.8. The van der Waals surface area contributed by atoms with Crippen molar-refractivity contribution in [3.8, 4) is 0 Å². The molecule has 462 valence electrons. The normalized spacial score (nSPS) is 11.1. The summed E-state index contributed by atoms with van der Waals surface area (Å²) in [4.78, 5) is 24.2. The fourth-order valence-corrected chi connectivity index (χ4v) is 23.8. The first-order valence-electron chi connectivity index (χ1n) is 32.1. The van der Waals surface area contributed by atoms with Crippen molar-refractivity contribution in [2.24, 2.45) is 0 Å². The summed E-state index contributed by atoms with van der Waals surface area (Å²) >= 11 is 0. The predicted molar refractivity (Wildman–Crippen MR) is 410 cm³/mol. The number of hydrogen-bond acceptors (Lipinski definition) is 0. The van der Waals surface area contributed by atoms with E-state index in [1.807, 2.05) is 0 Å². The third-order valence-electron chi connectivity index (χ3n) is 15.6. The molecule has 0 fully saturated rings. The van der Waals surface area contributed by atoms with E-state index in [0.29, 0.717) is 0 Å². The van der Waals surface area contributed by atoms with Gasteiger partial charge in [-0.3, -0.25) is 0 Å². The maximum atomic E-state index is 2.32. The molecule has 0 aliphatic carbocycles. The molecule has 6 heteroatoms. The number of rotatable bonds is 18. The molecule has 15 aromatic rings. The van der Waals surface area contributed by atoms with Crippen LogP contribution in [0.2, 0.25) is 0 Å². The van der Waals surface area contributed by atoms with E-state index in [2.05, 4.69) is 437 Å². The first-order chi connectivity index (χ1) is 47.7. The summed E-state index contributed by atoms with van der Waals surface area (Å²) in [6.45, 7) is 0. The molecule has 0 saturated heterocycles. The average Bonchev–Trinajstić information content (AvgIpc) is 0.986. The lowest BCUT2D eigenvalue weighted by molar-refractivity contribution is 1.26. The van der Waals surface area contributed by atoms with Gasteiger partial charge in [-0.2, -0.15) is 0 Å². The zero-order valence-electron chi connectivity index (χ0n) is 53.0. The van der Waals surface area contributed by atoms with E-state index in [1.165, 1.54) is 88.1 Å². The largest absolute Gasteiger partial charge is 0.166 e. The van der Waals surface area contributed by atoms with Gasteiger partial charge in [0.25, 0.3) is 0 Å². The van der Waals surface area contributed by atoms with Gasteiger partial charge in [0.1, 0.15) is 0 Å². The lowest BCUT2D eigenvalue weighted by atomic mass is 10.3. The van der Waals surface area contributed by atoms with Crippen molar-refractivity contribution >= 4 is 65.4 Å². The van der Waals surface area contributed by atoms with Crippen molar-refractivity contribution in [2.45, 2.75) is 88.1 Å². The van der Waals surface area contributed by atoms with E-state index in [9.17, 15) is 0 Å². The molecule has 0 heterocycles.